The number of ether oxygens (including phenoxy) is 1. The molecule has 0 saturated carbocycles. The second-order valence-electron chi connectivity index (χ2n) is 4.22. The number of hydrogen-bond donors (Lipinski definition) is 2. The lowest BCUT2D eigenvalue weighted by molar-refractivity contribution is 0.152. The van der Waals surface area contributed by atoms with Crippen LogP contribution in [0.3, 0.4) is 0 Å². The predicted octanol–water partition coefficient (Wildman–Crippen LogP) is 0.881. The molecular formula is C13H21F2N3O2. The van der Waals surface area contributed by atoms with Crippen molar-refractivity contribution >= 4 is 5.82 Å². The smallest absolute Gasteiger partial charge is 0.255 e. The Hall–Kier alpha value is -1.31. The van der Waals surface area contributed by atoms with Crippen LogP contribution >= 0.6 is 0 Å². The van der Waals surface area contributed by atoms with Gasteiger partial charge in [-0.15, -0.1) is 0 Å². The van der Waals surface area contributed by atoms with E-state index in [-0.39, 0.29) is 13.2 Å². The van der Waals surface area contributed by atoms with Crippen LogP contribution in [0.5, 0.6) is 0 Å². The molecule has 0 fully saturated rings. The van der Waals surface area contributed by atoms with Gasteiger partial charge in [-0.05, 0) is 6.07 Å². The van der Waals surface area contributed by atoms with Gasteiger partial charge in [0.05, 0.1) is 19.8 Å². The van der Waals surface area contributed by atoms with Crippen LogP contribution in [-0.2, 0) is 11.3 Å². The number of nitrogens with zero attached hydrogens (tertiary/aromatic N) is 2. The maximum atomic E-state index is 12.6. The van der Waals surface area contributed by atoms with Crippen molar-refractivity contribution in [1.29, 1.82) is 0 Å². The number of pyridine rings is 1. The van der Waals surface area contributed by atoms with Crippen LogP contribution in [0.15, 0.2) is 18.3 Å². The van der Waals surface area contributed by atoms with Crippen molar-refractivity contribution in [2.75, 3.05) is 44.9 Å². The van der Waals surface area contributed by atoms with Crippen molar-refractivity contribution in [2.24, 2.45) is 0 Å². The van der Waals surface area contributed by atoms with Gasteiger partial charge in [0, 0.05) is 38.5 Å². The van der Waals surface area contributed by atoms with Gasteiger partial charge in [-0.25, -0.2) is 13.8 Å². The van der Waals surface area contributed by atoms with Crippen LogP contribution in [-0.4, -0.2) is 56.5 Å². The molecule has 5 nitrogen and oxygen atoms in total. The van der Waals surface area contributed by atoms with Crippen LogP contribution in [0.2, 0.25) is 0 Å². The third-order valence-electron chi connectivity index (χ3n) is 2.69. The quantitative estimate of drug-likeness (QED) is 0.626. The molecule has 0 amide bonds. The summed E-state index contributed by atoms with van der Waals surface area (Å²) >= 11 is 0. The molecular weight excluding hydrogens is 268 g/mol. The second kappa shape index (κ2) is 9.57. The Balaban J connectivity index is 2.74. The van der Waals surface area contributed by atoms with Crippen molar-refractivity contribution in [3.63, 3.8) is 0 Å². The SMILES string of the molecule is COCCNCc1cccnc1N(CCO)CC(F)F. The summed E-state index contributed by atoms with van der Waals surface area (Å²) in [7, 11) is 1.61. The maximum absolute atomic E-state index is 12.6. The third kappa shape index (κ3) is 5.77. The van der Waals surface area contributed by atoms with Gasteiger partial charge < -0.3 is 20.1 Å². The summed E-state index contributed by atoms with van der Waals surface area (Å²) in [6, 6.07) is 3.59. The number of aliphatic hydroxyl groups is 1. The zero-order chi connectivity index (χ0) is 14.8. The van der Waals surface area contributed by atoms with E-state index >= 15 is 0 Å². The Kier molecular flexibility index (Phi) is 8.01. The van der Waals surface area contributed by atoms with E-state index in [0.717, 1.165) is 5.56 Å². The van der Waals surface area contributed by atoms with E-state index in [1.807, 2.05) is 6.07 Å². The first-order valence-electron chi connectivity index (χ1n) is 6.46. The fraction of sp³-hybridized carbons (Fsp3) is 0.615. The fourth-order valence-corrected chi connectivity index (χ4v) is 1.82. The Morgan fingerprint density at radius 2 is 2.30 bits per heavy atom. The molecule has 0 spiro atoms. The largest absolute Gasteiger partial charge is 0.395 e. The third-order valence-corrected chi connectivity index (χ3v) is 2.69. The highest BCUT2D eigenvalue weighted by molar-refractivity contribution is 5.46. The number of anilines is 1. The maximum Gasteiger partial charge on any atom is 0.255 e. The standard InChI is InChI=1S/C13H21F2N3O2/c1-20-8-5-16-9-11-3-2-4-17-13(11)18(6-7-19)10-12(14)15/h2-4,12,16,19H,5-10H2,1H3. The molecule has 0 bridgehead atoms. The summed E-state index contributed by atoms with van der Waals surface area (Å²) in [6.45, 7) is 1.25. The summed E-state index contributed by atoms with van der Waals surface area (Å²) < 4.78 is 30.1. The van der Waals surface area contributed by atoms with Gasteiger partial charge in [-0.3, -0.25) is 0 Å². The highest BCUT2D eigenvalue weighted by Crippen LogP contribution is 2.18. The van der Waals surface area contributed by atoms with Gasteiger partial charge in [0.15, 0.2) is 0 Å². The summed E-state index contributed by atoms with van der Waals surface area (Å²) in [5.74, 6) is 0.478. The Morgan fingerprint density at radius 1 is 1.50 bits per heavy atom. The van der Waals surface area contributed by atoms with Gasteiger partial charge in [0.25, 0.3) is 6.43 Å². The molecule has 1 rings (SSSR count). The molecule has 0 unspecified atom stereocenters. The van der Waals surface area contributed by atoms with Crippen molar-refractivity contribution in [3.05, 3.63) is 23.9 Å². The number of aromatic nitrogens is 1. The minimum atomic E-state index is -2.47. The number of halogens is 2. The number of nitrogens with one attached hydrogen (secondary N) is 1. The summed E-state index contributed by atoms with van der Waals surface area (Å²) in [5, 5.41) is 12.2. The van der Waals surface area contributed by atoms with E-state index in [0.29, 0.717) is 25.5 Å². The first-order valence-corrected chi connectivity index (χ1v) is 6.46. The van der Waals surface area contributed by atoms with Crippen LogP contribution in [0.4, 0.5) is 14.6 Å². The monoisotopic (exact) mass is 289 g/mol. The molecule has 1 heterocycles. The van der Waals surface area contributed by atoms with Gasteiger partial charge in [-0.2, -0.15) is 0 Å². The van der Waals surface area contributed by atoms with Gasteiger partial charge >= 0.3 is 0 Å². The van der Waals surface area contributed by atoms with E-state index in [9.17, 15) is 8.78 Å². The van der Waals surface area contributed by atoms with E-state index in [4.69, 9.17) is 9.84 Å². The molecule has 0 radical (unpaired) electrons. The van der Waals surface area contributed by atoms with Crippen LogP contribution in [0, 0.1) is 0 Å². The summed E-state index contributed by atoms with van der Waals surface area (Å²) in [5.41, 5.74) is 0.817. The highest BCUT2D eigenvalue weighted by Gasteiger charge is 2.16. The van der Waals surface area contributed by atoms with Crippen LogP contribution < -0.4 is 10.2 Å². The number of rotatable bonds is 10. The minimum absolute atomic E-state index is 0.131. The molecule has 114 valence electrons. The fourth-order valence-electron chi connectivity index (χ4n) is 1.82. The van der Waals surface area contributed by atoms with E-state index in [1.165, 1.54) is 4.90 Å². The first-order chi connectivity index (χ1) is 9.69. The zero-order valence-corrected chi connectivity index (χ0v) is 11.6. The Labute approximate surface area is 117 Å². The first kappa shape index (κ1) is 16.7. The minimum Gasteiger partial charge on any atom is -0.395 e. The van der Waals surface area contributed by atoms with Crippen LogP contribution in [0.1, 0.15) is 5.56 Å². The van der Waals surface area contributed by atoms with Gasteiger partial charge in [0.1, 0.15) is 5.82 Å². The van der Waals surface area contributed by atoms with E-state index < -0.39 is 13.0 Å². The molecule has 0 aromatic carbocycles. The highest BCUT2D eigenvalue weighted by atomic mass is 19.3. The molecule has 0 saturated heterocycles. The lowest BCUT2D eigenvalue weighted by Gasteiger charge is -2.24. The van der Waals surface area contributed by atoms with Gasteiger partial charge in [0.2, 0.25) is 0 Å². The average Bonchev–Trinajstić information content (AvgIpc) is 2.43. The van der Waals surface area contributed by atoms with Crippen LogP contribution in [0.25, 0.3) is 0 Å². The molecule has 20 heavy (non-hydrogen) atoms. The summed E-state index contributed by atoms with van der Waals surface area (Å²) in [4.78, 5) is 5.56. The zero-order valence-electron chi connectivity index (χ0n) is 11.6. The Bertz CT molecular complexity index is 380. The number of aliphatic hydroxyl groups excluding tert-OH is 1. The topological polar surface area (TPSA) is 57.6 Å². The van der Waals surface area contributed by atoms with Crippen molar-refractivity contribution in [1.82, 2.24) is 10.3 Å². The molecule has 1 aromatic rings. The molecule has 0 aliphatic carbocycles. The van der Waals surface area contributed by atoms with Crippen molar-refractivity contribution in [2.45, 2.75) is 13.0 Å². The second-order valence-corrected chi connectivity index (χ2v) is 4.22. The van der Waals surface area contributed by atoms with Gasteiger partial charge in [-0.1, -0.05) is 6.07 Å². The Morgan fingerprint density at radius 3 is 2.95 bits per heavy atom. The lowest BCUT2D eigenvalue weighted by Crippen LogP contribution is -2.33. The van der Waals surface area contributed by atoms with Crippen molar-refractivity contribution in [3.8, 4) is 0 Å². The predicted molar refractivity (Wildman–Crippen MR) is 73.1 cm³/mol. The molecule has 1 aromatic heterocycles. The molecule has 2 N–H and O–H groups in total. The number of hydrogen-bond acceptors (Lipinski definition) is 5. The number of methoxy groups -OCH3 is 1. The molecule has 0 aliphatic rings. The van der Waals surface area contributed by atoms with Crippen molar-refractivity contribution < 1.29 is 18.6 Å². The molecule has 7 heteroatoms. The normalized spacial score (nSPS) is 11.1. The molecule has 0 atom stereocenters. The summed E-state index contributed by atoms with van der Waals surface area (Å²) in [6.07, 6.45) is -0.915. The average molecular weight is 289 g/mol. The molecule has 0 aliphatic heterocycles. The lowest BCUT2D eigenvalue weighted by atomic mass is 10.2. The van der Waals surface area contributed by atoms with E-state index in [2.05, 4.69) is 10.3 Å². The number of alkyl halides is 2. The van der Waals surface area contributed by atoms with E-state index in [1.54, 1.807) is 19.4 Å².